The number of rotatable bonds is 3. The number of nitrogens with zero attached hydrogens (tertiary/aromatic N) is 2. The largest absolute Gasteiger partial charge is 0.505 e. The maximum Gasteiger partial charge on any atom is 0.146 e. The van der Waals surface area contributed by atoms with Gasteiger partial charge in [-0.2, -0.15) is 0 Å². The van der Waals surface area contributed by atoms with Crippen LogP contribution in [-0.4, -0.2) is 28.1 Å². The molecule has 0 unspecified atom stereocenters. The van der Waals surface area contributed by atoms with E-state index >= 15 is 0 Å². The van der Waals surface area contributed by atoms with Gasteiger partial charge >= 0.3 is 0 Å². The predicted octanol–water partition coefficient (Wildman–Crippen LogP) is 5.17. The van der Waals surface area contributed by atoms with E-state index < -0.39 is 0 Å². The summed E-state index contributed by atoms with van der Waals surface area (Å²) in [5.41, 5.74) is 2.73. The summed E-state index contributed by atoms with van der Waals surface area (Å²) in [6, 6.07) is 15.9. The minimum atomic E-state index is 0.0176. The first-order valence-electron chi connectivity index (χ1n) is 8.80. The maximum atomic E-state index is 11.0. The third kappa shape index (κ3) is 3.22. The van der Waals surface area contributed by atoms with Gasteiger partial charge < -0.3 is 5.11 Å². The monoisotopic (exact) mass is 352 g/mol. The lowest BCUT2D eigenvalue weighted by atomic mass is 9.93. The molecule has 0 bridgehead atoms. The number of benzene rings is 2. The molecule has 128 valence electrons. The molecular formula is C21H21ClN2O. The van der Waals surface area contributed by atoms with E-state index in [1.165, 1.54) is 19.3 Å². The van der Waals surface area contributed by atoms with Gasteiger partial charge in [-0.05, 0) is 49.7 Å². The summed E-state index contributed by atoms with van der Waals surface area (Å²) in [6.07, 6.45) is 5.38. The van der Waals surface area contributed by atoms with Gasteiger partial charge in [0.25, 0.3) is 0 Å². The molecular weight excluding hydrogens is 332 g/mol. The molecule has 0 radical (unpaired) electrons. The van der Waals surface area contributed by atoms with Gasteiger partial charge in [0, 0.05) is 22.2 Å². The van der Waals surface area contributed by atoms with Crippen molar-refractivity contribution in [3.8, 4) is 5.75 Å². The van der Waals surface area contributed by atoms with E-state index in [2.05, 4.69) is 22.0 Å². The fourth-order valence-electron chi connectivity index (χ4n) is 3.77. The van der Waals surface area contributed by atoms with Gasteiger partial charge in [0.2, 0.25) is 0 Å². The number of hydrogen-bond donors (Lipinski definition) is 1. The quantitative estimate of drug-likeness (QED) is 0.706. The van der Waals surface area contributed by atoms with Crippen molar-refractivity contribution in [1.82, 2.24) is 9.88 Å². The Balaban J connectivity index is 1.85. The van der Waals surface area contributed by atoms with Gasteiger partial charge in [0.05, 0.1) is 6.04 Å². The Labute approximate surface area is 152 Å². The van der Waals surface area contributed by atoms with E-state index in [1.807, 2.05) is 36.4 Å². The molecule has 0 amide bonds. The van der Waals surface area contributed by atoms with Crippen LogP contribution < -0.4 is 0 Å². The first kappa shape index (κ1) is 16.4. The summed E-state index contributed by atoms with van der Waals surface area (Å²) < 4.78 is 0. The number of phenols is 1. The second-order valence-corrected chi connectivity index (χ2v) is 7.07. The zero-order valence-corrected chi connectivity index (χ0v) is 14.8. The van der Waals surface area contributed by atoms with Crippen LogP contribution in [0, 0.1) is 0 Å². The average molecular weight is 353 g/mol. The second kappa shape index (κ2) is 7.03. The molecule has 1 atom stereocenters. The first-order valence-corrected chi connectivity index (χ1v) is 9.18. The van der Waals surface area contributed by atoms with Crippen molar-refractivity contribution in [3.05, 3.63) is 70.9 Å². The highest BCUT2D eigenvalue weighted by Gasteiger charge is 2.27. The molecule has 1 saturated heterocycles. The maximum absolute atomic E-state index is 11.0. The Morgan fingerprint density at radius 1 is 0.960 bits per heavy atom. The summed E-state index contributed by atoms with van der Waals surface area (Å²) in [6.45, 7) is 2.07. The Hall–Kier alpha value is -2.10. The molecule has 3 aromatic rings. The lowest BCUT2D eigenvalue weighted by Crippen LogP contribution is -2.34. The minimum Gasteiger partial charge on any atom is -0.505 e. The van der Waals surface area contributed by atoms with Crippen LogP contribution in [0.25, 0.3) is 10.9 Å². The Kier molecular flexibility index (Phi) is 4.60. The fraction of sp³-hybridized carbons (Fsp3) is 0.286. The first-order chi connectivity index (χ1) is 12.2. The van der Waals surface area contributed by atoms with Crippen LogP contribution in [0.5, 0.6) is 5.75 Å². The van der Waals surface area contributed by atoms with Crippen molar-refractivity contribution in [2.75, 3.05) is 13.1 Å². The molecule has 0 saturated carbocycles. The van der Waals surface area contributed by atoms with Crippen LogP contribution in [0.4, 0.5) is 0 Å². The highest BCUT2D eigenvalue weighted by atomic mass is 35.5. The fourth-order valence-corrected chi connectivity index (χ4v) is 3.90. The van der Waals surface area contributed by atoms with E-state index in [1.54, 1.807) is 6.20 Å². The van der Waals surface area contributed by atoms with E-state index in [0.29, 0.717) is 5.52 Å². The normalized spacial score (nSPS) is 16.8. The number of likely N-dealkylation sites (tertiary alicyclic amines) is 1. The van der Waals surface area contributed by atoms with Crippen LogP contribution >= 0.6 is 11.6 Å². The van der Waals surface area contributed by atoms with E-state index in [0.717, 1.165) is 34.6 Å². The molecule has 1 aliphatic rings. The number of pyridine rings is 1. The average Bonchev–Trinajstić information content (AvgIpc) is 2.66. The number of piperidine rings is 1. The highest BCUT2D eigenvalue weighted by Crippen LogP contribution is 2.39. The highest BCUT2D eigenvalue weighted by molar-refractivity contribution is 6.30. The van der Waals surface area contributed by atoms with Crippen LogP contribution in [0.15, 0.2) is 54.7 Å². The summed E-state index contributed by atoms with van der Waals surface area (Å²) in [4.78, 5) is 6.84. The zero-order chi connectivity index (χ0) is 17.2. The number of aromatic hydroxyl groups is 1. The molecule has 1 N–H and O–H groups in total. The van der Waals surface area contributed by atoms with Crippen LogP contribution in [0.3, 0.4) is 0 Å². The number of hydrogen-bond acceptors (Lipinski definition) is 3. The van der Waals surface area contributed by atoms with Crippen LogP contribution in [-0.2, 0) is 0 Å². The van der Waals surface area contributed by atoms with E-state index in [-0.39, 0.29) is 11.8 Å². The van der Waals surface area contributed by atoms with Gasteiger partial charge in [-0.3, -0.25) is 9.88 Å². The van der Waals surface area contributed by atoms with Crippen molar-refractivity contribution in [3.63, 3.8) is 0 Å². The van der Waals surface area contributed by atoms with Crippen molar-refractivity contribution >= 4 is 22.5 Å². The molecule has 0 aliphatic carbocycles. The topological polar surface area (TPSA) is 36.4 Å². The zero-order valence-electron chi connectivity index (χ0n) is 14.0. The number of aromatic nitrogens is 1. The van der Waals surface area contributed by atoms with Crippen LogP contribution in [0.1, 0.15) is 36.4 Å². The standard InChI is InChI=1S/C21H21ClN2O/c22-17-9-6-16(7-10-17)20(24-13-2-1-3-14-24)18-11-8-15-5-4-12-23-19(15)21(18)25/h4-12,20,25H,1-3,13-14H2/t20-/m0/s1. The molecule has 2 heterocycles. The van der Waals surface area contributed by atoms with Crippen molar-refractivity contribution in [2.24, 2.45) is 0 Å². The van der Waals surface area contributed by atoms with E-state index in [9.17, 15) is 5.11 Å². The third-order valence-corrected chi connectivity index (χ3v) is 5.27. The number of phenolic OH excluding ortho intramolecular Hbond substituents is 1. The van der Waals surface area contributed by atoms with E-state index in [4.69, 9.17) is 11.6 Å². The Morgan fingerprint density at radius 2 is 1.72 bits per heavy atom. The Bertz CT molecular complexity index is 873. The molecule has 0 spiro atoms. The lowest BCUT2D eigenvalue weighted by Gasteiger charge is -2.35. The number of halogens is 1. The molecule has 1 aromatic heterocycles. The predicted molar refractivity (Wildman–Crippen MR) is 102 cm³/mol. The number of fused-ring (bicyclic) bond motifs is 1. The Morgan fingerprint density at radius 3 is 2.48 bits per heavy atom. The molecule has 1 fully saturated rings. The van der Waals surface area contributed by atoms with Gasteiger partial charge in [-0.15, -0.1) is 0 Å². The summed E-state index contributed by atoms with van der Waals surface area (Å²) >= 11 is 6.08. The summed E-state index contributed by atoms with van der Waals surface area (Å²) in [5.74, 6) is 0.281. The molecule has 25 heavy (non-hydrogen) atoms. The van der Waals surface area contributed by atoms with Gasteiger partial charge in [0.15, 0.2) is 0 Å². The molecule has 3 nitrogen and oxygen atoms in total. The molecule has 4 heteroatoms. The van der Waals surface area contributed by atoms with Crippen molar-refractivity contribution in [1.29, 1.82) is 0 Å². The van der Waals surface area contributed by atoms with Crippen molar-refractivity contribution < 1.29 is 5.11 Å². The molecule has 4 rings (SSSR count). The third-order valence-electron chi connectivity index (χ3n) is 5.02. The van der Waals surface area contributed by atoms with Gasteiger partial charge in [-0.25, -0.2) is 0 Å². The summed E-state index contributed by atoms with van der Waals surface area (Å²) in [7, 11) is 0. The minimum absolute atomic E-state index is 0.0176. The SMILES string of the molecule is Oc1c([C@H](c2ccc(Cl)cc2)N2CCCCC2)ccc2cccnc12. The van der Waals surface area contributed by atoms with Crippen LogP contribution in [0.2, 0.25) is 5.02 Å². The van der Waals surface area contributed by atoms with Crippen molar-refractivity contribution in [2.45, 2.75) is 25.3 Å². The lowest BCUT2D eigenvalue weighted by molar-refractivity contribution is 0.185. The van der Waals surface area contributed by atoms with Gasteiger partial charge in [0.1, 0.15) is 11.3 Å². The smallest absolute Gasteiger partial charge is 0.146 e. The van der Waals surface area contributed by atoms with Gasteiger partial charge in [-0.1, -0.05) is 48.4 Å². The molecule has 1 aliphatic heterocycles. The second-order valence-electron chi connectivity index (χ2n) is 6.63. The molecule has 2 aromatic carbocycles. The summed E-state index contributed by atoms with van der Waals surface area (Å²) in [5, 5.41) is 12.6.